The molecule has 1 unspecified atom stereocenters. The minimum atomic E-state index is -1.62. The molecule has 0 fully saturated rings. The number of hydrogen-bond acceptors (Lipinski definition) is 2. The third-order valence-electron chi connectivity index (χ3n) is 4.70. The van der Waals surface area contributed by atoms with Crippen molar-refractivity contribution in [2.24, 2.45) is 0 Å². The Morgan fingerprint density at radius 1 is 1.09 bits per heavy atom. The van der Waals surface area contributed by atoms with E-state index >= 15 is 0 Å². The molecule has 1 aliphatic rings. The highest BCUT2D eigenvalue weighted by Gasteiger charge is 2.43. The Morgan fingerprint density at radius 3 is 2.36 bits per heavy atom. The molecule has 0 saturated heterocycles. The van der Waals surface area contributed by atoms with Crippen LogP contribution in [0.1, 0.15) is 50.6 Å². The van der Waals surface area contributed by atoms with Crippen molar-refractivity contribution < 1.29 is 0 Å². The molecule has 1 aliphatic carbocycles. The van der Waals surface area contributed by atoms with Gasteiger partial charge in [0.15, 0.2) is 0 Å². The summed E-state index contributed by atoms with van der Waals surface area (Å²) in [5.41, 5.74) is 5.39. The Morgan fingerprint density at radius 2 is 1.73 bits per heavy atom. The van der Waals surface area contributed by atoms with Gasteiger partial charge in [0.1, 0.15) is 8.24 Å². The van der Waals surface area contributed by atoms with Crippen LogP contribution in [0.5, 0.6) is 0 Å². The van der Waals surface area contributed by atoms with Crippen LogP contribution >= 0.6 is 11.3 Å². The normalized spacial score (nSPS) is 19.1. The number of rotatable bonds is 2. The van der Waals surface area contributed by atoms with Gasteiger partial charge in [0.25, 0.3) is 0 Å². The molecule has 3 heteroatoms. The largest absolute Gasteiger partial charge is 0.332 e. The summed E-state index contributed by atoms with van der Waals surface area (Å²) in [6.45, 7) is 16.5. The molecule has 1 N–H and O–H groups in total. The zero-order valence-corrected chi connectivity index (χ0v) is 16.6. The van der Waals surface area contributed by atoms with E-state index in [1.165, 1.54) is 21.2 Å². The molecule has 22 heavy (non-hydrogen) atoms. The van der Waals surface area contributed by atoms with Crippen molar-refractivity contribution in [2.75, 3.05) is 0 Å². The zero-order chi connectivity index (χ0) is 16.3. The highest BCUT2D eigenvalue weighted by atomic mass is 32.1. The second-order valence-electron chi connectivity index (χ2n) is 8.18. The molecule has 1 heterocycles. The maximum atomic E-state index is 3.99. The Hall–Kier alpha value is -0.903. The van der Waals surface area contributed by atoms with Crippen molar-refractivity contribution in [2.45, 2.75) is 58.8 Å². The SMILES string of the molecule is CC1=C(C)C([Si](C)(C)NC(C)(C)C)c2sc3ccccc3c21. The first-order chi connectivity index (χ1) is 10.1. The number of nitrogens with one attached hydrogen (secondary N) is 1. The van der Waals surface area contributed by atoms with Crippen LogP contribution in [-0.2, 0) is 0 Å². The molecule has 2 aromatic rings. The van der Waals surface area contributed by atoms with Crippen LogP contribution in [0.15, 0.2) is 29.8 Å². The van der Waals surface area contributed by atoms with Gasteiger partial charge < -0.3 is 4.98 Å². The van der Waals surface area contributed by atoms with Crippen molar-refractivity contribution in [3.63, 3.8) is 0 Å². The summed E-state index contributed by atoms with van der Waals surface area (Å²) in [4.78, 5) is 5.59. The number of allylic oxidation sites excluding steroid dienone is 2. The molecule has 0 aliphatic heterocycles. The molecule has 0 spiro atoms. The van der Waals surface area contributed by atoms with Crippen molar-refractivity contribution in [1.29, 1.82) is 0 Å². The summed E-state index contributed by atoms with van der Waals surface area (Å²) in [6, 6.07) is 8.88. The van der Waals surface area contributed by atoms with Gasteiger partial charge in [-0.2, -0.15) is 0 Å². The molecular weight excluding hydrogens is 302 g/mol. The van der Waals surface area contributed by atoms with Crippen LogP contribution in [0.25, 0.3) is 15.7 Å². The lowest BCUT2D eigenvalue weighted by atomic mass is 10.1. The van der Waals surface area contributed by atoms with E-state index in [-0.39, 0.29) is 5.54 Å². The highest BCUT2D eigenvalue weighted by molar-refractivity contribution is 7.20. The number of fused-ring (bicyclic) bond motifs is 3. The second-order valence-corrected chi connectivity index (χ2v) is 13.5. The first kappa shape index (κ1) is 16.0. The summed E-state index contributed by atoms with van der Waals surface area (Å²) in [5.74, 6) is 0. The Balaban J connectivity index is 2.17. The molecule has 0 radical (unpaired) electrons. The van der Waals surface area contributed by atoms with Crippen LogP contribution in [0.3, 0.4) is 0 Å². The number of thiophene rings is 1. The van der Waals surface area contributed by atoms with Gasteiger partial charge in [0.05, 0.1) is 0 Å². The van der Waals surface area contributed by atoms with E-state index in [1.807, 2.05) is 11.3 Å². The fourth-order valence-corrected chi connectivity index (χ4v) is 10.7. The molecule has 1 nitrogen and oxygen atoms in total. The first-order valence-electron chi connectivity index (χ1n) is 8.10. The quantitative estimate of drug-likeness (QED) is 0.674. The summed E-state index contributed by atoms with van der Waals surface area (Å²) in [6.07, 6.45) is 0. The van der Waals surface area contributed by atoms with E-state index in [0.29, 0.717) is 5.54 Å². The fraction of sp³-hybridized carbons (Fsp3) is 0.474. The third kappa shape index (κ3) is 2.49. The van der Waals surface area contributed by atoms with E-state index in [0.717, 1.165) is 0 Å². The van der Waals surface area contributed by atoms with E-state index in [2.05, 4.69) is 77.0 Å². The predicted octanol–water partition coefficient (Wildman–Crippen LogP) is 5.92. The fourth-order valence-electron chi connectivity index (χ4n) is 4.17. The van der Waals surface area contributed by atoms with Crippen molar-refractivity contribution in [3.8, 4) is 0 Å². The van der Waals surface area contributed by atoms with Crippen molar-refractivity contribution >= 4 is 35.2 Å². The van der Waals surface area contributed by atoms with Crippen LogP contribution in [0, 0.1) is 0 Å². The number of hydrogen-bond donors (Lipinski definition) is 1. The van der Waals surface area contributed by atoms with Crippen LogP contribution in [-0.4, -0.2) is 13.8 Å². The van der Waals surface area contributed by atoms with E-state index in [9.17, 15) is 0 Å². The summed E-state index contributed by atoms with van der Waals surface area (Å²) in [5, 5.41) is 1.45. The van der Waals surface area contributed by atoms with Crippen molar-refractivity contribution in [3.05, 3.63) is 40.3 Å². The topological polar surface area (TPSA) is 12.0 Å². The Bertz CT molecular complexity index is 761. The van der Waals surface area contributed by atoms with Gasteiger partial charge in [-0.05, 0) is 51.8 Å². The molecule has 0 saturated carbocycles. The summed E-state index contributed by atoms with van der Waals surface area (Å²) in [7, 11) is -1.62. The van der Waals surface area contributed by atoms with Gasteiger partial charge in [-0.3, -0.25) is 0 Å². The smallest absolute Gasteiger partial charge is 0.132 e. The maximum absolute atomic E-state index is 3.99. The van der Waals surface area contributed by atoms with Gasteiger partial charge >= 0.3 is 0 Å². The van der Waals surface area contributed by atoms with Gasteiger partial charge in [-0.25, -0.2) is 0 Å². The maximum Gasteiger partial charge on any atom is 0.132 e. The molecule has 0 amide bonds. The standard InChI is InChI=1S/C19H27NSSi/c1-12-13(2)18(22(6,7)20-19(3,4)5)17-16(12)14-10-8-9-11-15(14)21-17/h8-11,18,20H,1-7H3. The lowest BCUT2D eigenvalue weighted by Gasteiger charge is -2.38. The first-order valence-corrected chi connectivity index (χ1v) is 12.0. The molecule has 118 valence electrons. The molecular formula is C19H27NSSi. The monoisotopic (exact) mass is 329 g/mol. The average Bonchev–Trinajstić information content (AvgIpc) is 2.83. The Kier molecular flexibility index (Phi) is 3.67. The molecule has 1 atom stereocenters. The summed E-state index contributed by atoms with van der Waals surface area (Å²) < 4.78 is 1.44. The highest BCUT2D eigenvalue weighted by Crippen LogP contribution is 2.52. The van der Waals surface area contributed by atoms with Gasteiger partial charge in [-0.15, -0.1) is 11.3 Å². The van der Waals surface area contributed by atoms with Gasteiger partial charge in [0, 0.05) is 26.0 Å². The Labute approximate surface area is 139 Å². The van der Waals surface area contributed by atoms with Gasteiger partial charge in [-0.1, -0.05) is 36.9 Å². The van der Waals surface area contributed by atoms with E-state index in [4.69, 9.17) is 0 Å². The average molecular weight is 330 g/mol. The van der Waals surface area contributed by atoms with E-state index < -0.39 is 8.24 Å². The third-order valence-corrected chi connectivity index (χ3v) is 9.71. The predicted molar refractivity (Wildman–Crippen MR) is 103 cm³/mol. The zero-order valence-electron chi connectivity index (χ0n) is 14.8. The molecule has 1 aromatic heterocycles. The summed E-state index contributed by atoms with van der Waals surface area (Å²) >= 11 is 2.01. The second kappa shape index (κ2) is 5.05. The van der Waals surface area contributed by atoms with Crippen LogP contribution in [0.2, 0.25) is 13.1 Å². The lowest BCUT2D eigenvalue weighted by molar-refractivity contribution is 0.508. The minimum absolute atomic E-state index is 0.170. The van der Waals surface area contributed by atoms with E-state index in [1.54, 1.807) is 10.5 Å². The molecule has 1 aromatic carbocycles. The van der Waals surface area contributed by atoms with Crippen LogP contribution in [0.4, 0.5) is 0 Å². The van der Waals surface area contributed by atoms with Crippen LogP contribution < -0.4 is 4.98 Å². The minimum Gasteiger partial charge on any atom is -0.332 e. The molecule has 0 bridgehead atoms. The van der Waals surface area contributed by atoms with Crippen molar-refractivity contribution in [1.82, 2.24) is 4.98 Å². The lowest BCUT2D eigenvalue weighted by Crippen LogP contribution is -2.57. The number of benzene rings is 1. The van der Waals surface area contributed by atoms with Gasteiger partial charge in [0.2, 0.25) is 0 Å². The molecule has 3 rings (SSSR count).